The fraction of sp³-hybridized carbons (Fsp3) is 0.412. The first kappa shape index (κ1) is 19.2. The summed E-state index contributed by atoms with van der Waals surface area (Å²) in [4.78, 5) is 0.159. The van der Waals surface area contributed by atoms with E-state index in [1.165, 1.54) is 12.1 Å². The minimum Gasteiger partial charge on any atom is -0.469 e. The van der Waals surface area contributed by atoms with Gasteiger partial charge in [0, 0.05) is 10.4 Å². The van der Waals surface area contributed by atoms with Crippen LogP contribution >= 0.6 is 15.9 Å². The zero-order valence-electron chi connectivity index (χ0n) is 13.6. The molecule has 0 aliphatic carbocycles. The van der Waals surface area contributed by atoms with Gasteiger partial charge in [0.05, 0.1) is 23.8 Å². The largest absolute Gasteiger partial charge is 0.469 e. The summed E-state index contributed by atoms with van der Waals surface area (Å²) in [7, 11) is -3.73. The molecular formula is C17H22BrNO4S. The normalized spacial score (nSPS) is 14.7. The van der Waals surface area contributed by atoms with E-state index in [1.54, 1.807) is 24.5 Å². The SMILES string of the molecule is CC(C)CC(c1ccco1)C(CO)NS(=O)(=O)c1ccc(Br)cc1. The summed E-state index contributed by atoms with van der Waals surface area (Å²) in [6.45, 7) is 3.79. The lowest BCUT2D eigenvalue weighted by atomic mass is 9.89. The third-order valence-electron chi connectivity index (χ3n) is 3.75. The first-order chi connectivity index (χ1) is 11.3. The Balaban J connectivity index is 2.26. The number of rotatable bonds is 8. The van der Waals surface area contributed by atoms with Crippen LogP contribution in [0.3, 0.4) is 0 Å². The van der Waals surface area contributed by atoms with Gasteiger partial charge in [0.2, 0.25) is 10.0 Å². The highest BCUT2D eigenvalue weighted by Crippen LogP contribution is 2.29. The van der Waals surface area contributed by atoms with Crippen molar-refractivity contribution in [1.82, 2.24) is 4.72 Å². The Morgan fingerprint density at radius 2 is 1.88 bits per heavy atom. The van der Waals surface area contributed by atoms with E-state index in [4.69, 9.17) is 4.42 Å². The topological polar surface area (TPSA) is 79.5 Å². The van der Waals surface area contributed by atoms with Crippen molar-refractivity contribution in [3.05, 3.63) is 52.9 Å². The number of benzene rings is 1. The van der Waals surface area contributed by atoms with Crippen LogP contribution in [0.1, 0.15) is 31.9 Å². The molecule has 0 aliphatic heterocycles. The molecule has 0 saturated heterocycles. The maximum Gasteiger partial charge on any atom is 0.240 e. The molecule has 2 aromatic rings. The first-order valence-corrected chi connectivity index (χ1v) is 10.0. The molecule has 7 heteroatoms. The molecule has 0 saturated carbocycles. The maximum atomic E-state index is 12.6. The first-order valence-electron chi connectivity index (χ1n) is 7.75. The van der Waals surface area contributed by atoms with Gasteiger partial charge in [-0.05, 0) is 48.7 Å². The second-order valence-corrected chi connectivity index (χ2v) is 8.75. The lowest BCUT2D eigenvalue weighted by Gasteiger charge is -2.26. The highest BCUT2D eigenvalue weighted by Gasteiger charge is 2.30. The zero-order valence-corrected chi connectivity index (χ0v) is 16.0. The molecule has 2 rings (SSSR count). The molecule has 1 aromatic carbocycles. The third-order valence-corrected chi connectivity index (χ3v) is 5.78. The number of hydrogen-bond donors (Lipinski definition) is 2. The van der Waals surface area contributed by atoms with E-state index in [0.29, 0.717) is 18.1 Å². The predicted octanol–water partition coefficient (Wildman–Crippen LogP) is 3.51. The molecule has 5 nitrogen and oxygen atoms in total. The Kier molecular flexibility index (Phi) is 6.62. The molecular weight excluding hydrogens is 394 g/mol. The summed E-state index contributed by atoms with van der Waals surface area (Å²) < 4.78 is 34.1. The van der Waals surface area contributed by atoms with Gasteiger partial charge in [-0.1, -0.05) is 29.8 Å². The van der Waals surface area contributed by atoms with Gasteiger partial charge in [-0.2, -0.15) is 0 Å². The van der Waals surface area contributed by atoms with Gasteiger partial charge in [-0.3, -0.25) is 0 Å². The average Bonchev–Trinajstić information content (AvgIpc) is 3.05. The van der Waals surface area contributed by atoms with E-state index in [2.05, 4.69) is 20.7 Å². The van der Waals surface area contributed by atoms with Gasteiger partial charge in [0.1, 0.15) is 5.76 Å². The van der Waals surface area contributed by atoms with Crippen LogP contribution in [0.5, 0.6) is 0 Å². The molecule has 2 N–H and O–H groups in total. The van der Waals surface area contributed by atoms with Crippen LogP contribution in [0.4, 0.5) is 0 Å². The van der Waals surface area contributed by atoms with Crippen LogP contribution in [0.2, 0.25) is 0 Å². The predicted molar refractivity (Wildman–Crippen MR) is 96.2 cm³/mol. The summed E-state index contributed by atoms with van der Waals surface area (Å²) in [6, 6.07) is 9.29. The number of aliphatic hydroxyl groups excluding tert-OH is 1. The number of aliphatic hydroxyl groups is 1. The fourth-order valence-corrected chi connectivity index (χ4v) is 4.15. The van der Waals surface area contributed by atoms with Crippen molar-refractivity contribution in [2.24, 2.45) is 5.92 Å². The molecule has 0 fully saturated rings. The molecule has 1 aromatic heterocycles. The van der Waals surface area contributed by atoms with E-state index in [9.17, 15) is 13.5 Å². The van der Waals surface area contributed by atoms with E-state index in [0.717, 1.165) is 4.47 Å². The number of hydrogen-bond acceptors (Lipinski definition) is 4. The second kappa shape index (κ2) is 8.29. The molecule has 132 valence electrons. The maximum absolute atomic E-state index is 12.6. The lowest BCUT2D eigenvalue weighted by Crippen LogP contribution is -2.42. The standard InChI is InChI=1S/C17H22BrNO4S/c1-12(2)10-15(17-4-3-9-23-17)16(11-20)19-24(21,22)14-7-5-13(18)6-8-14/h3-9,12,15-16,19-20H,10-11H2,1-2H3. The number of sulfonamides is 1. The highest BCUT2D eigenvalue weighted by molar-refractivity contribution is 9.10. The van der Waals surface area contributed by atoms with Crippen LogP contribution in [0.25, 0.3) is 0 Å². The molecule has 24 heavy (non-hydrogen) atoms. The molecule has 0 aliphatic rings. The van der Waals surface area contributed by atoms with Crippen molar-refractivity contribution in [3.63, 3.8) is 0 Å². The summed E-state index contributed by atoms with van der Waals surface area (Å²) in [5.41, 5.74) is 0. The molecule has 1 heterocycles. The summed E-state index contributed by atoms with van der Waals surface area (Å²) in [6.07, 6.45) is 2.25. The quantitative estimate of drug-likeness (QED) is 0.690. The highest BCUT2D eigenvalue weighted by atomic mass is 79.9. The van der Waals surface area contributed by atoms with E-state index in [-0.39, 0.29) is 17.4 Å². The second-order valence-electron chi connectivity index (χ2n) is 6.12. The van der Waals surface area contributed by atoms with Crippen LogP contribution in [-0.2, 0) is 10.0 Å². The average molecular weight is 416 g/mol. The van der Waals surface area contributed by atoms with Crippen molar-refractivity contribution < 1.29 is 17.9 Å². The van der Waals surface area contributed by atoms with Gasteiger partial charge in [-0.25, -0.2) is 13.1 Å². The summed E-state index contributed by atoms with van der Waals surface area (Å²) >= 11 is 3.29. The van der Waals surface area contributed by atoms with Gasteiger partial charge in [0.15, 0.2) is 0 Å². The van der Waals surface area contributed by atoms with Crippen molar-refractivity contribution in [2.45, 2.75) is 37.1 Å². The van der Waals surface area contributed by atoms with Crippen LogP contribution in [0, 0.1) is 5.92 Å². The zero-order chi connectivity index (χ0) is 17.7. The minimum atomic E-state index is -3.73. The van der Waals surface area contributed by atoms with Gasteiger partial charge >= 0.3 is 0 Å². The van der Waals surface area contributed by atoms with Crippen LogP contribution < -0.4 is 4.72 Å². The van der Waals surface area contributed by atoms with Crippen LogP contribution in [-0.4, -0.2) is 26.2 Å². The van der Waals surface area contributed by atoms with Gasteiger partial charge in [-0.15, -0.1) is 0 Å². The minimum absolute atomic E-state index is 0.159. The van der Waals surface area contributed by atoms with Crippen molar-refractivity contribution in [3.8, 4) is 0 Å². The molecule has 0 spiro atoms. The number of nitrogens with one attached hydrogen (secondary N) is 1. The fourth-order valence-electron chi connectivity index (χ4n) is 2.62. The summed E-state index contributed by atoms with van der Waals surface area (Å²) in [5.74, 6) is 0.753. The Hall–Kier alpha value is -1.15. The van der Waals surface area contributed by atoms with Crippen molar-refractivity contribution in [1.29, 1.82) is 0 Å². The Morgan fingerprint density at radius 1 is 1.21 bits per heavy atom. The Morgan fingerprint density at radius 3 is 2.38 bits per heavy atom. The lowest BCUT2D eigenvalue weighted by molar-refractivity contribution is 0.218. The van der Waals surface area contributed by atoms with Gasteiger partial charge < -0.3 is 9.52 Å². The van der Waals surface area contributed by atoms with Crippen molar-refractivity contribution in [2.75, 3.05) is 6.61 Å². The molecule has 0 radical (unpaired) electrons. The Bertz CT molecular complexity index is 726. The molecule has 2 atom stereocenters. The molecule has 0 bridgehead atoms. The number of halogens is 1. The smallest absolute Gasteiger partial charge is 0.240 e. The number of furan rings is 1. The Labute approximate surface area is 151 Å². The third kappa shape index (κ3) is 4.92. The molecule has 0 amide bonds. The van der Waals surface area contributed by atoms with E-state index < -0.39 is 16.1 Å². The van der Waals surface area contributed by atoms with Gasteiger partial charge in [0.25, 0.3) is 0 Å². The monoisotopic (exact) mass is 415 g/mol. The van der Waals surface area contributed by atoms with E-state index in [1.807, 2.05) is 19.9 Å². The molecule has 2 unspecified atom stereocenters. The van der Waals surface area contributed by atoms with E-state index >= 15 is 0 Å². The van der Waals surface area contributed by atoms with Crippen molar-refractivity contribution >= 4 is 26.0 Å². The summed E-state index contributed by atoms with van der Waals surface area (Å²) in [5, 5.41) is 9.79. The van der Waals surface area contributed by atoms with Crippen LogP contribution in [0.15, 0.2) is 56.4 Å².